The molecule has 0 atom stereocenters. The van der Waals surface area contributed by atoms with Gasteiger partial charge in [-0.05, 0) is 0 Å². The molecule has 104 valence electrons. The first-order chi connectivity index (χ1) is 8.18. The molecule has 6 N–H and O–H groups in total. The summed E-state index contributed by atoms with van der Waals surface area (Å²) in [5, 5.41) is 17.6. The van der Waals surface area contributed by atoms with Crippen LogP contribution in [0.1, 0.15) is 0 Å². The van der Waals surface area contributed by atoms with E-state index in [4.69, 9.17) is 31.1 Å². The summed E-state index contributed by atoms with van der Waals surface area (Å²) in [5.41, 5.74) is 0. The molecule has 0 aliphatic heterocycles. The van der Waals surface area contributed by atoms with Crippen LogP contribution in [0.2, 0.25) is 0 Å². The maximum atomic E-state index is 9.22. The average molecular weight is 256 g/mol. The molecule has 0 fully saturated rings. The maximum absolute atomic E-state index is 9.22. The van der Waals surface area contributed by atoms with Gasteiger partial charge in [0.15, 0.2) is 0 Å². The summed E-state index contributed by atoms with van der Waals surface area (Å²) in [7, 11) is 0. The molecule has 0 aromatic carbocycles. The highest BCUT2D eigenvalue weighted by Gasteiger charge is 2.28. The number of aliphatic hydroxyl groups is 2. The van der Waals surface area contributed by atoms with Gasteiger partial charge in [-0.15, -0.1) is 0 Å². The Balaban J connectivity index is 3.23. The Morgan fingerprint density at radius 3 is 1.76 bits per heavy atom. The van der Waals surface area contributed by atoms with E-state index in [-0.39, 0.29) is 26.4 Å². The van der Waals surface area contributed by atoms with Crippen molar-refractivity contribution in [3.05, 3.63) is 0 Å². The molecule has 0 aromatic heterocycles. The molecule has 0 saturated carbocycles. The first-order valence-electron chi connectivity index (χ1n) is 5.01. The summed E-state index contributed by atoms with van der Waals surface area (Å²) in [6.45, 7) is 1.21. The van der Waals surface area contributed by atoms with Gasteiger partial charge in [-0.25, -0.2) is 21.5 Å². The van der Waals surface area contributed by atoms with E-state index in [0.29, 0.717) is 19.8 Å². The molecule has 0 unspecified atom stereocenters. The summed E-state index contributed by atoms with van der Waals surface area (Å²) in [6.07, 6.45) is 0. The van der Waals surface area contributed by atoms with Gasteiger partial charge in [-0.2, -0.15) is 0 Å². The SMILES string of the molecule is NOC(O)(COCCOCCOCCO)ON. The topological polar surface area (TPSA) is 139 Å². The Morgan fingerprint density at radius 2 is 1.29 bits per heavy atom. The van der Waals surface area contributed by atoms with Crippen LogP contribution in [-0.2, 0) is 23.9 Å². The van der Waals surface area contributed by atoms with Crippen molar-refractivity contribution in [2.75, 3.05) is 46.2 Å². The smallest absolute Gasteiger partial charge is 0.336 e. The third kappa shape index (κ3) is 9.35. The molecule has 0 aliphatic rings. The normalized spacial score (nSPS) is 12.0. The lowest BCUT2D eigenvalue weighted by atomic mass is 10.6. The minimum atomic E-state index is -2.15. The third-order valence-electron chi connectivity index (χ3n) is 1.63. The summed E-state index contributed by atoms with van der Waals surface area (Å²) in [4.78, 5) is 8.12. The largest absolute Gasteiger partial charge is 0.394 e. The van der Waals surface area contributed by atoms with Gasteiger partial charge < -0.3 is 24.4 Å². The number of rotatable bonds is 12. The van der Waals surface area contributed by atoms with E-state index < -0.39 is 5.97 Å². The fraction of sp³-hybridized carbons (Fsp3) is 1.00. The molecule has 9 nitrogen and oxygen atoms in total. The molecule has 0 saturated heterocycles. The van der Waals surface area contributed by atoms with E-state index >= 15 is 0 Å². The number of ether oxygens (including phenoxy) is 3. The quantitative estimate of drug-likeness (QED) is 0.169. The molecule has 0 radical (unpaired) electrons. The van der Waals surface area contributed by atoms with Gasteiger partial charge in [0.2, 0.25) is 0 Å². The molecule has 0 heterocycles. The van der Waals surface area contributed by atoms with Gasteiger partial charge in [0.05, 0.1) is 39.6 Å². The van der Waals surface area contributed by atoms with Gasteiger partial charge in [-0.1, -0.05) is 0 Å². The van der Waals surface area contributed by atoms with Crippen molar-refractivity contribution in [1.82, 2.24) is 0 Å². The van der Waals surface area contributed by atoms with E-state index in [0.717, 1.165) is 0 Å². The predicted molar refractivity (Wildman–Crippen MR) is 55.0 cm³/mol. The van der Waals surface area contributed by atoms with Crippen LogP contribution in [0.25, 0.3) is 0 Å². The van der Waals surface area contributed by atoms with Crippen molar-refractivity contribution < 1.29 is 34.1 Å². The lowest BCUT2D eigenvalue weighted by Crippen LogP contribution is -2.45. The number of nitrogens with two attached hydrogens (primary N) is 2. The van der Waals surface area contributed by atoms with Gasteiger partial charge in [0, 0.05) is 0 Å². The highest BCUT2D eigenvalue weighted by atomic mass is 16.9. The van der Waals surface area contributed by atoms with Crippen LogP contribution >= 0.6 is 0 Å². The van der Waals surface area contributed by atoms with E-state index in [2.05, 4.69) is 9.68 Å². The second-order valence-electron chi connectivity index (χ2n) is 2.95. The Morgan fingerprint density at radius 1 is 0.824 bits per heavy atom. The highest BCUT2D eigenvalue weighted by molar-refractivity contribution is 4.47. The van der Waals surface area contributed by atoms with Gasteiger partial charge in [0.1, 0.15) is 6.61 Å². The van der Waals surface area contributed by atoms with Crippen molar-refractivity contribution in [1.29, 1.82) is 0 Å². The van der Waals surface area contributed by atoms with Gasteiger partial charge >= 0.3 is 5.97 Å². The molecule has 9 heteroatoms. The first kappa shape index (κ1) is 16.6. The van der Waals surface area contributed by atoms with Crippen LogP contribution in [0.4, 0.5) is 0 Å². The number of hydrogen-bond donors (Lipinski definition) is 4. The zero-order valence-corrected chi connectivity index (χ0v) is 9.54. The molecular formula is C8H20N2O7. The number of hydrogen-bond acceptors (Lipinski definition) is 9. The van der Waals surface area contributed by atoms with Crippen molar-refractivity contribution in [3.63, 3.8) is 0 Å². The zero-order chi connectivity index (χ0) is 13.0. The standard InChI is InChI=1S/C8H20N2O7/c9-16-8(12,17-10)7-15-6-5-14-4-3-13-2-1-11/h11-12H,1-7,9-10H2. The maximum Gasteiger partial charge on any atom is 0.336 e. The summed E-state index contributed by atoms with van der Waals surface area (Å²) >= 11 is 0. The molecular weight excluding hydrogens is 236 g/mol. The van der Waals surface area contributed by atoms with Gasteiger partial charge in [0.25, 0.3) is 0 Å². The lowest BCUT2D eigenvalue weighted by Gasteiger charge is -2.21. The molecule has 17 heavy (non-hydrogen) atoms. The van der Waals surface area contributed by atoms with Crippen LogP contribution in [0.15, 0.2) is 0 Å². The van der Waals surface area contributed by atoms with Crippen molar-refractivity contribution in [2.24, 2.45) is 11.8 Å². The number of aliphatic hydroxyl groups excluding tert-OH is 1. The minimum Gasteiger partial charge on any atom is -0.394 e. The van der Waals surface area contributed by atoms with Crippen molar-refractivity contribution >= 4 is 0 Å². The second-order valence-corrected chi connectivity index (χ2v) is 2.95. The Labute approximate surface area is 99.0 Å². The average Bonchev–Trinajstić information content (AvgIpc) is 2.36. The Kier molecular flexibility index (Phi) is 10.5. The van der Waals surface area contributed by atoms with E-state index in [1.54, 1.807) is 0 Å². The first-order valence-corrected chi connectivity index (χ1v) is 5.01. The fourth-order valence-electron chi connectivity index (χ4n) is 0.801. The summed E-state index contributed by atoms with van der Waals surface area (Å²) in [6, 6.07) is 0. The predicted octanol–water partition coefficient (Wildman–Crippen LogP) is -2.54. The highest BCUT2D eigenvalue weighted by Crippen LogP contribution is 2.02. The molecule has 0 amide bonds. The lowest BCUT2D eigenvalue weighted by molar-refractivity contribution is -0.382. The van der Waals surface area contributed by atoms with Crippen LogP contribution < -0.4 is 11.8 Å². The van der Waals surface area contributed by atoms with Crippen LogP contribution in [0.3, 0.4) is 0 Å². The molecule has 0 rings (SSSR count). The van der Waals surface area contributed by atoms with Crippen molar-refractivity contribution in [2.45, 2.75) is 5.97 Å². The summed E-state index contributed by atoms with van der Waals surface area (Å²) in [5.74, 6) is 7.30. The second kappa shape index (κ2) is 10.8. The molecule has 0 bridgehead atoms. The van der Waals surface area contributed by atoms with Crippen LogP contribution in [0, 0.1) is 0 Å². The van der Waals surface area contributed by atoms with Crippen LogP contribution in [-0.4, -0.2) is 62.4 Å². The fourth-order valence-corrected chi connectivity index (χ4v) is 0.801. The van der Waals surface area contributed by atoms with Crippen LogP contribution in [0.5, 0.6) is 0 Å². The zero-order valence-electron chi connectivity index (χ0n) is 9.54. The van der Waals surface area contributed by atoms with E-state index in [1.807, 2.05) is 0 Å². The van der Waals surface area contributed by atoms with E-state index in [1.165, 1.54) is 0 Å². The third-order valence-corrected chi connectivity index (χ3v) is 1.63. The van der Waals surface area contributed by atoms with Crippen molar-refractivity contribution in [3.8, 4) is 0 Å². The minimum absolute atomic E-state index is 0.0140. The summed E-state index contributed by atoms with van der Waals surface area (Å²) < 4.78 is 15.0. The molecule has 0 spiro atoms. The monoisotopic (exact) mass is 256 g/mol. The Hall–Kier alpha value is -0.360. The Bertz CT molecular complexity index is 168. The van der Waals surface area contributed by atoms with Gasteiger partial charge in [-0.3, -0.25) is 0 Å². The van der Waals surface area contributed by atoms with E-state index in [9.17, 15) is 5.11 Å². The molecule has 0 aromatic rings. The molecule has 0 aliphatic carbocycles.